The maximum Gasteiger partial charge on any atom is 0.230 e. The molecule has 0 spiro atoms. The van der Waals surface area contributed by atoms with Crippen molar-refractivity contribution in [3.63, 3.8) is 0 Å². The molecular formula is C16H22ClFN2O2. The number of benzene rings is 1. The Labute approximate surface area is 136 Å². The lowest BCUT2D eigenvalue weighted by Crippen LogP contribution is -2.46. The first-order chi connectivity index (χ1) is 10.1. The van der Waals surface area contributed by atoms with E-state index in [2.05, 4.69) is 0 Å². The molecule has 1 aromatic carbocycles. The van der Waals surface area contributed by atoms with Gasteiger partial charge in [0.05, 0.1) is 12.2 Å². The van der Waals surface area contributed by atoms with Crippen molar-refractivity contribution in [1.29, 1.82) is 0 Å². The summed E-state index contributed by atoms with van der Waals surface area (Å²) in [6.45, 7) is 2.95. The van der Waals surface area contributed by atoms with Gasteiger partial charge in [-0.2, -0.15) is 0 Å². The second-order valence-electron chi connectivity index (χ2n) is 6.02. The summed E-state index contributed by atoms with van der Waals surface area (Å²) in [6, 6.07) is 4.34. The van der Waals surface area contributed by atoms with Crippen LogP contribution in [0.2, 0.25) is 0 Å². The lowest BCUT2D eigenvalue weighted by atomic mass is 9.94. The van der Waals surface area contributed by atoms with Crippen LogP contribution in [0.3, 0.4) is 0 Å². The van der Waals surface area contributed by atoms with Crippen LogP contribution in [0.5, 0.6) is 5.75 Å². The molecule has 6 heteroatoms. The predicted molar refractivity (Wildman–Crippen MR) is 86.0 cm³/mol. The Morgan fingerprint density at radius 3 is 2.95 bits per heavy atom. The maximum atomic E-state index is 13.4. The molecule has 1 unspecified atom stereocenters. The average molecular weight is 329 g/mol. The molecule has 1 saturated carbocycles. The Hall–Kier alpha value is -1.33. The smallest absolute Gasteiger partial charge is 0.230 e. The van der Waals surface area contributed by atoms with E-state index in [1.54, 1.807) is 11.0 Å². The molecule has 0 radical (unpaired) electrons. The van der Waals surface area contributed by atoms with Crippen LogP contribution in [-0.2, 0) is 4.79 Å². The van der Waals surface area contributed by atoms with E-state index in [1.165, 1.54) is 12.1 Å². The number of hydrogen-bond acceptors (Lipinski definition) is 3. The molecule has 1 heterocycles. The molecule has 122 valence electrons. The number of nitrogens with zero attached hydrogens (tertiary/aromatic N) is 1. The lowest BCUT2D eigenvalue weighted by Gasteiger charge is -2.35. The molecule has 22 heavy (non-hydrogen) atoms. The van der Waals surface area contributed by atoms with Crippen molar-refractivity contribution in [2.75, 3.05) is 18.0 Å². The highest BCUT2D eigenvalue weighted by molar-refractivity contribution is 5.97. The summed E-state index contributed by atoms with van der Waals surface area (Å²) in [5.74, 6) is 0.448. The molecule has 2 aliphatic rings. The largest absolute Gasteiger partial charge is 0.487 e. The summed E-state index contributed by atoms with van der Waals surface area (Å²) in [5.41, 5.74) is 6.46. The van der Waals surface area contributed by atoms with Crippen molar-refractivity contribution < 1.29 is 13.9 Å². The number of amides is 1. The number of anilines is 1. The minimum absolute atomic E-state index is 0. The molecule has 3 rings (SSSR count). The average Bonchev–Trinajstić information content (AvgIpc) is 2.93. The minimum atomic E-state index is -0.351. The summed E-state index contributed by atoms with van der Waals surface area (Å²) in [5, 5.41) is 0. The Kier molecular flexibility index (Phi) is 5.29. The fraction of sp³-hybridized carbons (Fsp3) is 0.562. The number of rotatable bonds is 2. The highest BCUT2D eigenvalue weighted by Crippen LogP contribution is 2.38. The van der Waals surface area contributed by atoms with Gasteiger partial charge in [0, 0.05) is 12.0 Å². The Morgan fingerprint density at radius 2 is 2.23 bits per heavy atom. The van der Waals surface area contributed by atoms with Gasteiger partial charge in [-0.1, -0.05) is 6.42 Å². The second-order valence-corrected chi connectivity index (χ2v) is 6.02. The van der Waals surface area contributed by atoms with Crippen molar-refractivity contribution in [1.82, 2.24) is 0 Å². The molecular weight excluding hydrogens is 307 g/mol. The normalized spacial score (nSPS) is 26.9. The van der Waals surface area contributed by atoms with E-state index >= 15 is 0 Å². The van der Waals surface area contributed by atoms with E-state index in [-0.39, 0.29) is 42.1 Å². The van der Waals surface area contributed by atoms with Gasteiger partial charge in [-0.3, -0.25) is 4.79 Å². The number of hydrogen-bond donors (Lipinski definition) is 1. The fourth-order valence-electron chi connectivity index (χ4n) is 3.47. The quantitative estimate of drug-likeness (QED) is 0.908. The van der Waals surface area contributed by atoms with Crippen molar-refractivity contribution >= 4 is 24.0 Å². The molecule has 1 fully saturated rings. The van der Waals surface area contributed by atoms with Crippen LogP contribution in [-0.4, -0.2) is 25.1 Å². The molecule has 0 aromatic heterocycles. The molecule has 0 saturated heterocycles. The Bertz CT molecular complexity index is 555. The predicted octanol–water partition coefficient (Wildman–Crippen LogP) is 2.74. The van der Waals surface area contributed by atoms with E-state index in [1.807, 2.05) is 6.92 Å². The highest BCUT2D eigenvalue weighted by atomic mass is 35.5. The van der Waals surface area contributed by atoms with Crippen LogP contribution in [0.4, 0.5) is 10.1 Å². The number of halogens is 2. The standard InChI is InChI=1S/C16H21FN2O2.ClH/c1-10-9-19(14-6-5-12(17)7-15(14)21-10)16(20)13-4-2-3-11(13)8-18;/h5-7,10-11,13H,2-4,8-9,18H2,1H3;1H/t10?,11-,13-;/m1./s1. The van der Waals surface area contributed by atoms with Crippen LogP contribution in [0.1, 0.15) is 26.2 Å². The first-order valence-electron chi connectivity index (χ1n) is 7.58. The monoisotopic (exact) mass is 328 g/mol. The van der Waals surface area contributed by atoms with Crippen LogP contribution >= 0.6 is 12.4 Å². The highest BCUT2D eigenvalue weighted by Gasteiger charge is 2.38. The number of carbonyl (C=O) groups is 1. The van der Waals surface area contributed by atoms with Crippen molar-refractivity contribution in [2.24, 2.45) is 17.6 Å². The van der Waals surface area contributed by atoms with Crippen LogP contribution < -0.4 is 15.4 Å². The first kappa shape index (κ1) is 17.0. The van der Waals surface area contributed by atoms with Gasteiger partial charge in [0.1, 0.15) is 17.7 Å². The van der Waals surface area contributed by atoms with Crippen LogP contribution in [0.15, 0.2) is 18.2 Å². The zero-order valence-electron chi connectivity index (χ0n) is 12.6. The molecule has 1 amide bonds. The number of ether oxygens (including phenoxy) is 1. The Balaban J connectivity index is 0.00000176. The number of nitrogens with two attached hydrogens (primary N) is 1. The van der Waals surface area contributed by atoms with Crippen molar-refractivity contribution in [3.05, 3.63) is 24.0 Å². The second kappa shape index (κ2) is 6.84. The summed E-state index contributed by atoms with van der Waals surface area (Å²) >= 11 is 0. The van der Waals surface area contributed by atoms with Gasteiger partial charge in [0.25, 0.3) is 0 Å². The molecule has 0 bridgehead atoms. The zero-order valence-corrected chi connectivity index (χ0v) is 13.4. The number of carbonyl (C=O) groups excluding carboxylic acids is 1. The van der Waals surface area contributed by atoms with E-state index in [0.717, 1.165) is 19.3 Å². The number of fused-ring (bicyclic) bond motifs is 1. The maximum absolute atomic E-state index is 13.4. The van der Waals surface area contributed by atoms with E-state index in [4.69, 9.17) is 10.5 Å². The van der Waals surface area contributed by atoms with Crippen LogP contribution in [0.25, 0.3) is 0 Å². The van der Waals surface area contributed by atoms with Gasteiger partial charge in [-0.05, 0) is 44.4 Å². The van der Waals surface area contributed by atoms with E-state index in [9.17, 15) is 9.18 Å². The van der Waals surface area contributed by atoms with E-state index in [0.29, 0.717) is 24.5 Å². The summed E-state index contributed by atoms with van der Waals surface area (Å²) in [6.07, 6.45) is 2.82. The van der Waals surface area contributed by atoms with Gasteiger partial charge >= 0.3 is 0 Å². The molecule has 1 aliphatic heterocycles. The minimum Gasteiger partial charge on any atom is -0.487 e. The third-order valence-corrected chi connectivity index (χ3v) is 4.53. The Morgan fingerprint density at radius 1 is 1.45 bits per heavy atom. The lowest BCUT2D eigenvalue weighted by molar-refractivity contribution is -0.123. The third-order valence-electron chi connectivity index (χ3n) is 4.53. The van der Waals surface area contributed by atoms with Gasteiger partial charge < -0.3 is 15.4 Å². The van der Waals surface area contributed by atoms with Crippen molar-refractivity contribution in [2.45, 2.75) is 32.3 Å². The molecule has 2 N–H and O–H groups in total. The summed E-state index contributed by atoms with van der Waals surface area (Å²) in [7, 11) is 0. The summed E-state index contributed by atoms with van der Waals surface area (Å²) in [4.78, 5) is 14.6. The van der Waals surface area contributed by atoms with E-state index < -0.39 is 0 Å². The summed E-state index contributed by atoms with van der Waals surface area (Å²) < 4.78 is 19.0. The van der Waals surface area contributed by atoms with Crippen molar-refractivity contribution in [3.8, 4) is 5.75 Å². The van der Waals surface area contributed by atoms with Gasteiger partial charge in [-0.25, -0.2) is 4.39 Å². The third kappa shape index (κ3) is 3.06. The topological polar surface area (TPSA) is 55.6 Å². The van der Waals surface area contributed by atoms with Gasteiger partial charge in [0.15, 0.2) is 0 Å². The first-order valence-corrected chi connectivity index (χ1v) is 7.58. The molecule has 3 atom stereocenters. The fourth-order valence-corrected chi connectivity index (χ4v) is 3.47. The molecule has 4 nitrogen and oxygen atoms in total. The van der Waals surface area contributed by atoms with Gasteiger partial charge in [0.2, 0.25) is 5.91 Å². The van der Waals surface area contributed by atoms with Gasteiger partial charge in [-0.15, -0.1) is 12.4 Å². The van der Waals surface area contributed by atoms with Crippen LogP contribution in [0, 0.1) is 17.7 Å². The molecule has 1 aliphatic carbocycles. The SMILES string of the molecule is CC1CN(C(=O)[C@@H]2CCC[C@@H]2CN)c2ccc(F)cc2O1.Cl. The molecule has 1 aromatic rings. The zero-order chi connectivity index (χ0) is 15.0.